The lowest BCUT2D eigenvalue weighted by Gasteiger charge is -2.13. The van der Waals surface area contributed by atoms with Crippen LogP contribution in [0.4, 0.5) is 0 Å². The molecule has 1 N–H and O–H groups in total. The number of hydrogen-bond acceptors (Lipinski definition) is 8. The second-order valence-corrected chi connectivity index (χ2v) is 7.70. The van der Waals surface area contributed by atoms with Crippen molar-refractivity contribution in [2.75, 3.05) is 6.61 Å². The van der Waals surface area contributed by atoms with Crippen molar-refractivity contribution < 1.29 is 9.84 Å². The van der Waals surface area contributed by atoms with E-state index in [0.29, 0.717) is 35.4 Å². The molecular weight excluding hydrogens is 432 g/mol. The molecule has 0 aliphatic rings. The number of nitriles is 1. The van der Waals surface area contributed by atoms with E-state index in [1.54, 1.807) is 23.1 Å². The SMILES string of the molecule is Cc1ccc(Oc2ccc3ncn(-c4ccc(CCO)c(-n5nc(C#N)cc5C)n4)c3c2)nn1. The molecule has 10 nitrogen and oxygen atoms in total. The molecule has 0 atom stereocenters. The van der Waals surface area contributed by atoms with Crippen molar-refractivity contribution in [3.05, 3.63) is 77.5 Å². The van der Waals surface area contributed by atoms with Crippen LogP contribution in [0, 0.1) is 25.2 Å². The Kier molecular flexibility index (Phi) is 5.45. The Balaban J connectivity index is 1.58. The van der Waals surface area contributed by atoms with Crippen molar-refractivity contribution in [1.29, 1.82) is 5.26 Å². The minimum atomic E-state index is -0.0317. The van der Waals surface area contributed by atoms with Crippen molar-refractivity contribution in [1.82, 2.24) is 34.5 Å². The van der Waals surface area contributed by atoms with Gasteiger partial charge in [0.25, 0.3) is 0 Å². The van der Waals surface area contributed by atoms with Crippen molar-refractivity contribution in [2.45, 2.75) is 20.3 Å². The van der Waals surface area contributed by atoms with Crippen LogP contribution in [-0.4, -0.2) is 46.2 Å². The van der Waals surface area contributed by atoms with Crippen LogP contribution >= 0.6 is 0 Å². The predicted molar refractivity (Wildman–Crippen MR) is 123 cm³/mol. The second-order valence-electron chi connectivity index (χ2n) is 7.70. The molecule has 0 unspecified atom stereocenters. The van der Waals surface area contributed by atoms with Gasteiger partial charge in [-0.3, -0.25) is 4.57 Å². The largest absolute Gasteiger partial charge is 0.437 e. The van der Waals surface area contributed by atoms with Gasteiger partial charge in [0.1, 0.15) is 24.0 Å². The maximum atomic E-state index is 9.52. The Morgan fingerprint density at radius 1 is 1.06 bits per heavy atom. The number of nitrogens with zero attached hydrogens (tertiary/aromatic N) is 8. The van der Waals surface area contributed by atoms with Crippen LogP contribution in [0.15, 0.2) is 54.9 Å². The number of ether oxygens (including phenoxy) is 1. The first-order valence-corrected chi connectivity index (χ1v) is 10.6. The van der Waals surface area contributed by atoms with E-state index in [1.807, 2.05) is 54.8 Å². The van der Waals surface area contributed by atoms with E-state index in [-0.39, 0.29) is 6.61 Å². The summed E-state index contributed by atoms with van der Waals surface area (Å²) >= 11 is 0. The number of imidazole rings is 1. The minimum absolute atomic E-state index is 0.0317. The first-order chi connectivity index (χ1) is 16.6. The van der Waals surface area contributed by atoms with Crippen LogP contribution < -0.4 is 4.74 Å². The fraction of sp³-hybridized carbons (Fsp3) is 0.167. The molecule has 0 aliphatic heterocycles. The zero-order valence-electron chi connectivity index (χ0n) is 18.5. The van der Waals surface area contributed by atoms with Gasteiger partial charge in [-0.05, 0) is 56.2 Å². The summed E-state index contributed by atoms with van der Waals surface area (Å²) in [6.45, 7) is 3.69. The normalized spacial score (nSPS) is 11.0. The number of aromatic nitrogens is 7. The molecule has 168 valence electrons. The number of hydrogen-bond donors (Lipinski definition) is 1. The van der Waals surface area contributed by atoms with Gasteiger partial charge in [0.05, 0.1) is 16.7 Å². The highest BCUT2D eigenvalue weighted by molar-refractivity contribution is 5.78. The van der Waals surface area contributed by atoms with Gasteiger partial charge in [-0.25, -0.2) is 14.6 Å². The summed E-state index contributed by atoms with van der Waals surface area (Å²) in [4.78, 5) is 9.31. The smallest absolute Gasteiger partial charge is 0.238 e. The van der Waals surface area contributed by atoms with Gasteiger partial charge in [0.2, 0.25) is 5.88 Å². The highest BCUT2D eigenvalue weighted by Crippen LogP contribution is 2.26. The van der Waals surface area contributed by atoms with E-state index in [0.717, 1.165) is 28.0 Å². The number of pyridine rings is 1. The van der Waals surface area contributed by atoms with Gasteiger partial charge in [0, 0.05) is 24.4 Å². The lowest BCUT2D eigenvalue weighted by Crippen LogP contribution is -2.10. The van der Waals surface area contributed by atoms with Gasteiger partial charge < -0.3 is 9.84 Å². The third-order valence-corrected chi connectivity index (χ3v) is 5.29. The molecule has 5 rings (SSSR count). The van der Waals surface area contributed by atoms with E-state index in [4.69, 9.17) is 9.72 Å². The van der Waals surface area contributed by atoms with E-state index in [1.165, 1.54) is 0 Å². The van der Waals surface area contributed by atoms with Crippen molar-refractivity contribution in [3.8, 4) is 29.3 Å². The highest BCUT2D eigenvalue weighted by atomic mass is 16.5. The number of aryl methyl sites for hydroxylation is 2. The molecule has 10 heteroatoms. The quantitative estimate of drug-likeness (QED) is 0.416. The fourth-order valence-electron chi connectivity index (χ4n) is 3.64. The molecule has 0 radical (unpaired) electrons. The average molecular weight is 452 g/mol. The Bertz CT molecular complexity index is 1530. The lowest BCUT2D eigenvalue weighted by molar-refractivity contribution is 0.299. The van der Waals surface area contributed by atoms with Crippen LogP contribution in [0.25, 0.3) is 22.7 Å². The average Bonchev–Trinajstić information content (AvgIpc) is 3.44. The molecule has 4 heterocycles. The Hall–Kier alpha value is -4.62. The van der Waals surface area contributed by atoms with Crippen LogP contribution in [0.5, 0.6) is 11.6 Å². The molecule has 0 bridgehead atoms. The van der Waals surface area contributed by atoms with Gasteiger partial charge in [-0.15, -0.1) is 5.10 Å². The third kappa shape index (κ3) is 3.96. The summed E-state index contributed by atoms with van der Waals surface area (Å²) in [5.41, 5.74) is 4.25. The summed E-state index contributed by atoms with van der Waals surface area (Å²) in [6.07, 6.45) is 2.10. The number of aliphatic hydroxyl groups is 1. The van der Waals surface area contributed by atoms with Crippen molar-refractivity contribution >= 4 is 11.0 Å². The molecule has 0 spiro atoms. The first-order valence-electron chi connectivity index (χ1n) is 10.6. The molecular formula is C24H20N8O2. The molecule has 0 saturated carbocycles. The van der Waals surface area contributed by atoms with Crippen molar-refractivity contribution in [3.63, 3.8) is 0 Å². The molecule has 1 aromatic carbocycles. The van der Waals surface area contributed by atoms with Gasteiger partial charge in [-0.1, -0.05) is 6.07 Å². The number of aliphatic hydroxyl groups excluding tert-OH is 1. The zero-order chi connectivity index (χ0) is 23.7. The molecule has 0 fully saturated rings. The molecule has 34 heavy (non-hydrogen) atoms. The van der Waals surface area contributed by atoms with E-state index < -0.39 is 0 Å². The topological polar surface area (TPSA) is 128 Å². The molecule has 0 saturated heterocycles. The summed E-state index contributed by atoms with van der Waals surface area (Å²) in [5, 5.41) is 31.2. The maximum absolute atomic E-state index is 9.52. The molecule has 5 aromatic rings. The van der Waals surface area contributed by atoms with Gasteiger partial charge >= 0.3 is 0 Å². The first kappa shape index (κ1) is 21.2. The predicted octanol–water partition coefficient (Wildman–Crippen LogP) is 3.21. The van der Waals surface area contributed by atoms with Crippen LogP contribution in [0.3, 0.4) is 0 Å². The molecule has 4 aromatic heterocycles. The minimum Gasteiger partial charge on any atom is -0.437 e. The summed E-state index contributed by atoms with van der Waals surface area (Å²) < 4.78 is 9.34. The zero-order valence-corrected chi connectivity index (χ0v) is 18.5. The van der Waals surface area contributed by atoms with E-state index in [2.05, 4.69) is 26.3 Å². The second kappa shape index (κ2) is 8.73. The van der Waals surface area contributed by atoms with E-state index in [9.17, 15) is 10.4 Å². The Morgan fingerprint density at radius 3 is 2.68 bits per heavy atom. The molecule has 0 amide bonds. The van der Waals surface area contributed by atoms with Gasteiger partial charge in [0.15, 0.2) is 11.5 Å². The van der Waals surface area contributed by atoms with Crippen LogP contribution in [0.1, 0.15) is 22.6 Å². The Labute approximate surface area is 194 Å². The number of rotatable bonds is 6. The fourth-order valence-corrected chi connectivity index (χ4v) is 3.64. The van der Waals surface area contributed by atoms with Crippen LogP contribution in [0.2, 0.25) is 0 Å². The molecule has 0 aliphatic carbocycles. The summed E-state index contributed by atoms with van der Waals surface area (Å²) in [7, 11) is 0. The van der Waals surface area contributed by atoms with Gasteiger partial charge in [-0.2, -0.15) is 15.5 Å². The maximum Gasteiger partial charge on any atom is 0.238 e. The van der Waals surface area contributed by atoms with Crippen LogP contribution in [-0.2, 0) is 6.42 Å². The Morgan fingerprint density at radius 2 is 1.94 bits per heavy atom. The summed E-state index contributed by atoms with van der Waals surface area (Å²) in [5.74, 6) is 2.15. The highest BCUT2D eigenvalue weighted by Gasteiger charge is 2.15. The number of benzene rings is 1. The lowest BCUT2D eigenvalue weighted by atomic mass is 10.2. The van der Waals surface area contributed by atoms with E-state index >= 15 is 0 Å². The standard InChI is InChI=1S/C24H20N8O2/c1-15-3-8-23(29-28-15)34-19-5-6-20-21(12-19)31(14-26-20)22-7-4-17(9-10-33)24(27-22)32-16(2)11-18(13-25)30-32/h3-8,11-12,14,33H,9-10H2,1-2H3. The third-order valence-electron chi connectivity index (χ3n) is 5.29. The van der Waals surface area contributed by atoms with Crippen molar-refractivity contribution in [2.24, 2.45) is 0 Å². The number of fused-ring (bicyclic) bond motifs is 1. The summed E-state index contributed by atoms with van der Waals surface area (Å²) in [6, 6.07) is 16.6. The monoisotopic (exact) mass is 452 g/mol.